The van der Waals surface area contributed by atoms with E-state index >= 15 is 0 Å². The van der Waals surface area contributed by atoms with Crippen LogP contribution < -0.4 is 5.56 Å². The molecule has 0 aliphatic carbocycles. The van der Waals surface area contributed by atoms with Crippen molar-refractivity contribution in [3.8, 4) is 0 Å². The summed E-state index contributed by atoms with van der Waals surface area (Å²) >= 11 is 0. The van der Waals surface area contributed by atoms with Crippen LogP contribution in [0.5, 0.6) is 0 Å². The predicted molar refractivity (Wildman–Crippen MR) is 96.8 cm³/mol. The maximum atomic E-state index is 12.9. The molecule has 0 saturated carbocycles. The fraction of sp³-hybridized carbons (Fsp3) is 0.200. The Kier molecular flexibility index (Phi) is 4.75. The van der Waals surface area contributed by atoms with Gasteiger partial charge in [0.1, 0.15) is 5.82 Å². The number of benzene rings is 2. The number of ether oxygens (including phenoxy) is 1. The number of para-hydroxylation sites is 1. The van der Waals surface area contributed by atoms with Crippen molar-refractivity contribution < 1.29 is 4.74 Å². The first-order valence-electron chi connectivity index (χ1n) is 8.03. The second kappa shape index (κ2) is 7.13. The molecule has 1 heterocycles. The Morgan fingerprint density at radius 2 is 1.83 bits per heavy atom. The van der Waals surface area contributed by atoms with Gasteiger partial charge in [0.2, 0.25) is 0 Å². The summed E-state index contributed by atoms with van der Waals surface area (Å²) in [5, 5.41) is 0.625. The molecule has 3 rings (SSSR count). The first-order chi connectivity index (χ1) is 11.7. The number of aromatic nitrogens is 2. The van der Waals surface area contributed by atoms with Gasteiger partial charge in [0.25, 0.3) is 5.56 Å². The van der Waals surface area contributed by atoms with Gasteiger partial charge in [-0.05, 0) is 31.5 Å². The van der Waals surface area contributed by atoms with Crippen LogP contribution in [0.3, 0.4) is 0 Å². The molecule has 0 radical (unpaired) electrons. The van der Waals surface area contributed by atoms with E-state index in [9.17, 15) is 4.79 Å². The highest BCUT2D eigenvalue weighted by molar-refractivity contribution is 5.78. The summed E-state index contributed by atoms with van der Waals surface area (Å²) < 4.78 is 7.20. The average Bonchev–Trinajstić information content (AvgIpc) is 2.59. The molecule has 2 aromatic carbocycles. The molecule has 0 unspecified atom stereocenters. The molecule has 0 aliphatic rings. The molecular weight excluding hydrogens is 300 g/mol. The van der Waals surface area contributed by atoms with Gasteiger partial charge in [0.15, 0.2) is 0 Å². The molecule has 0 bridgehead atoms. The topological polar surface area (TPSA) is 44.1 Å². The SMILES string of the molecule is CCOC(C)=Cc1nc2ccccc2c(=O)n1Cc1ccccc1. The van der Waals surface area contributed by atoms with Crippen molar-refractivity contribution in [1.82, 2.24) is 9.55 Å². The molecule has 0 amide bonds. The van der Waals surface area contributed by atoms with Gasteiger partial charge < -0.3 is 4.74 Å². The molecule has 1 aromatic heterocycles. The number of nitrogens with zero attached hydrogens (tertiary/aromatic N) is 2. The van der Waals surface area contributed by atoms with Crippen LogP contribution in [0.4, 0.5) is 0 Å². The molecule has 0 saturated heterocycles. The van der Waals surface area contributed by atoms with Crippen LogP contribution in [0.2, 0.25) is 0 Å². The van der Waals surface area contributed by atoms with Crippen LogP contribution in [0.15, 0.2) is 65.2 Å². The van der Waals surface area contributed by atoms with Gasteiger partial charge in [-0.15, -0.1) is 0 Å². The molecule has 0 fully saturated rings. The van der Waals surface area contributed by atoms with E-state index in [1.807, 2.05) is 74.5 Å². The van der Waals surface area contributed by atoms with E-state index in [0.29, 0.717) is 29.9 Å². The highest BCUT2D eigenvalue weighted by atomic mass is 16.5. The van der Waals surface area contributed by atoms with Gasteiger partial charge in [-0.1, -0.05) is 42.5 Å². The van der Waals surface area contributed by atoms with Crippen molar-refractivity contribution in [3.05, 3.63) is 82.1 Å². The Bertz CT molecular complexity index is 927. The highest BCUT2D eigenvalue weighted by Crippen LogP contribution is 2.13. The molecule has 24 heavy (non-hydrogen) atoms. The summed E-state index contributed by atoms with van der Waals surface area (Å²) in [4.78, 5) is 17.6. The standard InChI is InChI=1S/C20H20N2O2/c1-3-24-15(2)13-19-21-18-12-8-7-11-17(18)20(23)22(19)14-16-9-5-4-6-10-16/h4-13H,3,14H2,1-2H3. The molecule has 0 aliphatic heterocycles. The van der Waals surface area contributed by atoms with Gasteiger partial charge in [0.05, 0.1) is 29.8 Å². The van der Waals surface area contributed by atoms with Crippen molar-refractivity contribution in [3.63, 3.8) is 0 Å². The third-order valence-electron chi connectivity index (χ3n) is 3.78. The Labute approximate surface area is 141 Å². The summed E-state index contributed by atoms with van der Waals surface area (Å²) in [5.41, 5.74) is 1.71. The number of hydrogen-bond donors (Lipinski definition) is 0. The summed E-state index contributed by atoms with van der Waals surface area (Å²) in [6.45, 7) is 4.86. The fourth-order valence-electron chi connectivity index (χ4n) is 2.67. The van der Waals surface area contributed by atoms with Crippen LogP contribution in [0.25, 0.3) is 17.0 Å². The van der Waals surface area contributed by atoms with Gasteiger partial charge in [-0.2, -0.15) is 0 Å². The Morgan fingerprint density at radius 1 is 1.12 bits per heavy atom. The van der Waals surface area contributed by atoms with Crippen molar-refractivity contribution in [2.75, 3.05) is 6.61 Å². The lowest BCUT2D eigenvalue weighted by Crippen LogP contribution is -2.24. The summed E-state index contributed by atoms with van der Waals surface area (Å²) in [7, 11) is 0. The molecule has 0 atom stereocenters. The van der Waals surface area contributed by atoms with Crippen LogP contribution in [-0.2, 0) is 11.3 Å². The van der Waals surface area contributed by atoms with E-state index in [1.165, 1.54) is 0 Å². The van der Waals surface area contributed by atoms with Gasteiger partial charge >= 0.3 is 0 Å². The van der Waals surface area contributed by atoms with E-state index in [-0.39, 0.29) is 5.56 Å². The first kappa shape index (κ1) is 16.0. The minimum atomic E-state index is -0.0417. The highest BCUT2D eigenvalue weighted by Gasteiger charge is 2.10. The zero-order valence-corrected chi connectivity index (χ0v) is 13.9. The monoisotopic (exact) mass is 320 g/mol. The Morgan fingerprint density at radius 3 is 2.58 bits per heavy atom. The number of hydrogen-bond acceptors (Lipinski definition) is 3. The van der Waals surface area contributed by atoms with E-state index in [0.717, 1.165) is 11.3 Å². The summed E-state index contributed by atoms with van der Waals surface area (Å²) in [5.74, 6) is 1.34. The average molecular weight is 320 g/mol. The van der Waals surface area contributed by atoms with Crippen molar-refractivity contribution in [1.29, 1.82) is 0 Å². The summed E-state index contributed by atoms with van der Waals surface area (Å²) in [6, 6.07) is 17.3. The molecule has 4 heteroatoms. The second-order valence-electron chi connectivity index (χ2n) is 5.55. The normalized spacial score (nSPS) is 11.7. The Hall–Kier alpha value is -2.88. The van der Waals surface area contributed by atoms with E-state index in [4.69, 9.17) is 4.74 Å². The molecule has 4 nitrogen and oxygen atoms in total. The minimum Gasteiger partial charge on any atom is -0.498 e. The lowest BCUT2D eigenvalue weighted by molar-refractivity contribution is 0.234. The lowest BCUT2D eigenvalue weighted by Gasteiger charge is -2.12. The van der Waals surface area contributed by atoms with E-state index in [1.54, 1.807) is 4.57 Å². The van der Waals surface area contributed by atoms with Gasteiger partial charge in [0, 0.05) is 6.08 Å². The quantitative estimate of drug-likeness (QED) is 0.671. The van der Waals surface area contributed by atoms with E-state index < -0.39 is 0 Å². The zero-order valence-electron chi connectivity index (χ0n) is 13.9. The second-order valence-corrected chi connectivity index (χ2v) is 5.55. The smallest absolute Gasteiger partial charge is 0.261 e. The zero-order chi connectivity index (χ0) is 16.9. The molecular formula is C20H20N2O2. The van der Waals surface area contributed by atoms with Crippen LogP contribution in [0, 0.1) is 0 Å². The van der Waals surface area contributed by atoms with Crippen LogP contribution >= 0.6 is 0 Å². The molecule has 0 N–H and O–H groups in total. The predicted octanol–water partition coefficient (Wildman–Crippen LogP) is 3.84. The van der Waals surface area contributed by atoms with Gasteiger partial charge in [-0.3, -0.25) is 9.36 Å². The summed E-state index contributed by atoms with van der Waals surface area (Å²) in [6.07, 6.45) is 1.82. The van der Waals surface area contributed by atoms with Crippen LogP contribution in [0.1, 0.15) is 25.2 Å². The fourth-order valence-corrected chi connectivity index (χ4v) is 2.67. The minimum absolute atomic E-state index is 0.0417. The number of allylic oxidation sites excluding steroid dienone is 1. The third-order valence-corrected chi connectivity index (χ3v) is 3.78. The van der Waals surface area contributed by atoms with Crippen molar-refractivity contribution in [2.24, 2.45) is 0 Å². The van der Waals surface area contributed by atoms with Crippen molar-refractivity contribution in [2.45, 2.75) is 20.4 Å². The van der Waals surface area contributed by atoms with Crippen LogP contribution in [-0.4, -0.2) is 16.2 Å². The lowest BCUT2D eigenvalue weighted by atomic mass is 10.2. The first-order valence-corrected chi connectivity index (χ1v) is 8.03. The van der Waals surface area contributed by atoms with E-state index in [2.05, 4.69) is 4.98 Å². The number of rotatable bonds is 5. The molecule has 0 spiro atoms. The third kappa shape index (κ3) is 3.38. The maximum Gasteiger partial charge on any atom is 0.261 e. The largest absolute Gasteiger partial charge is 0.498 e. The maximum absolute atomic E-state index is 12.9. The Balaban J connectivity index is 2.18. The molecule has 3 aromatic rings. The van der Waals surface area contributed by atoms with Gasteiger partial charge in [-0.25, -0.2) is 4.98 Å². The molecule has 122 valence electrons. The number of fused-ring (bicyclic) bond motifs is 1. The van der Waals surface area contributed by atoms with Crippen molar-refractivity contribution >= 4 is 17.0 Å².